The molecule has 1 N–H and O–H groups in total. The third-order valence-corrected chi connectivity index (χ3v) is 4.72. The molecule has 0 atom stereocenters. The van der Waals surface area contributed by atoms with Crippen LogP contribution in [-0.4, -0.2) is 17.1 Å². The zero-order valence-electron chi connectivity index (χ0n) is 11.2. The van der Waals surface area contributed by atoms with Crippen molar-refractivity contribution in [2.75, 3.05) is 5.33 Å². The highest BCUT2D eigenvalue weighted by Gasteiger charge is 2.27. The van der Waals surface area contributed by atoms with E-state index < -0.39 is 0 Å². The molecule has 1 aliphatic rings. The molecule has 0 fully saturated rings. The molecule has 0 radical (unpaired) electrons. The standard InChI is InChI=1S/C16H13Br2NO2/c17-6-2-1-3-9-4-5-10-7-11(18)8-12-13(10)14(9)16(21)19-15(12)20/h4-5,7-8H,1-3,6H2,(H,19,20,21). The van der Waals surface area contributed by atoms with Crippen LogP contribution in [0.5, 0.6) is 0 Å². The van der Waals surface area contributed by atoms with Gasteiger partial charge < -0.3 is 0 Å². The van der Waals surface area contributed by atoms with E-state index in [1.807, 2.05) is 18.2 Å². The van der Waals surface area contributed by atoms with E-state index in [2.05, 4.69) is 37.2 Å². The highest BCUT2D eigenvalue weighted by molar-refractivity contribution is 9.10. The first-order valence-corrected chi connectivity index (χ1v) is 8.70. The van der Waals surface area contributed by atoms with Crippen molar-refractivity contribution in [2.45, 2.75) is 19.3 Å². The normalized spacial score (nSPS) is 13.6. The number of aryl methyl sites for hydroxylation is 1. The number of alkyl halides is 1. The molecule has 108 valence electrons. The van der Waals surface area contributed by atoms with Gasteiger partial charge in [0.15, 0.2) is 0 Å². The Labute approximate surface area is 139 Å². The van der Waals surface area contributed by atoms with Crippen molar-refractivity contribution in [3.63, 3.8) is 0 Å². The summed E-state index contributed by atoms with van der Waals surface area (Å²) in [6.07, 6.45) is 2.91. The molecule has 0 saturated carbocycles. The molecule has 0 aromatic heterocycles. The second-order valence-electron chi connectivity index (χ2n) is 5.08. The number of carbonyl (C=O) groups excluding carboxylic acids is 2. The van der Waals surface area contributed by atoms with Crippen molar-refractivity contribution in [2.24, 2.45) is 0 Å². The van der Waals surface area contributed by atoms with Gasteiger partial charge in [-0.05, 0) is 42.3 Å². The van der Waals surface area contributed by atoms with Crippen molar-refractivity contribution in [1.82, 2.24) is 5.32 Å². The minimum atomic E-state index is -0.323. The van der Waals surface area contributed by atoms with Gasteiger partial charge in [-0.15, -0.1) is 0 Å². The van der Waals surface area contributed by atoms with E-state index in [0.29, 0.717) is 11.1 Å². The number of nitrogens with one attached hydrogen (secondary N) is 1. The number of hydrogen-bond acceptors (Lipinski definition) is 2. The zero-order valence-corrected chi connectivity index (χ0v) is 14.4. The first-order valence-electron chi connectivity index (χ1n) is 6.78. The maximum atomic E-state index is 12.3. The van der Waals surface area contributed by atoms with Crippen LogP contribution in [0.25, 0.3) is 10.8 Å². The van der Waals surface area contributed by atoms with E-state index in [-0.39, 0.29) is 11.8 Å². The summed E-state index contributed by atoms with van der Waals surface area (Å²) in [5.41, 5.74) is 2.23. The van der Waals surface area contributed by atoms with E-state index in [1.165, 1.54) is 0 Å². The predicted molar refractivity (Wildman–Crippen MR) is 90.2 cm³/mol. The molecule has 0 spiro atoms. The van der Waals surface area contributed by atoms with Gasteiger partial charge in [0, 0.05) is 20.8 Å². The summed E-state index contributed by atoms with van der Waals surface area (Å²) in [6.45, 7) is 0. The topological polar surface area (TPSA) is 46.2 Å². The number of rotatable bonds is 4. The first kappa shape index (κ1) is 14.7. The summed E-state index contributed by atoms with van der Waals surface area (Å²) >= 11 is 6.83. The van der Waals surface area contributed by atoms with Crippen molar-refractivity contribution in [3.05, 3.63) is 45.4 Å². The molecule has 0 unspecified atom stereocenters. The number of hydrogen-bond donors (Lipinski definition) is 1. The maximum Gasteiger partial charge on any atom is 0.259 e. The third-order valence-electron chi connectivity index (χ3n) is 3.70. The van der Waals surface area contributed by atoms with Crippen LogP contribution >= 0.6 is 31.9 Å². The monoisotopic (exact) mass is 409 g/mol. The Hall–Kier alpha value is -1.20. The van der Waals surface area contributed by atoms with E-state index in [0.717, 1.165) is 45.4 Å². The summed E-state index contributed by atoms with van der Waals surface area (Å²) in [5.74, 6) is -0.606. The molecule has 1 heterocycles. The molecule has 5 heteroatoms. The predicted octanol–water partition coefficient (Wildman–Crippen LogP) is 4.20. The van der Waals surface area contributed by atoms with Crippen LogP contribution in [0.15, 0.2) is 28.7 Å². The molecular formula is C16H13Br2NO2. The highest BCUT2D eigenvalue weighted by atomic mass is 79.9. The van der Waals surface area contributed by atoms with E-state index in [4.69, 9.17) is 0 Å². The van der Waals surface area contributed by atoms with E-state index >= 15 is 0 Å². The number of carbonyl (C=O) groups is 2. The Morgan fingerprint density at radius 3 is 2.62 bits per heavy atom. The van der Waals surface area contributed by atoms with Gasteiger partial charge in [-0.25, -0.2) is 0 Å². The molecule has 0 aliphatic carbocycles. The van der Waals surface area contributed by atoms with Gasteiger partial charge in [-0.1, -0.05) is 44.0 Å². The van der Waals surface area contributed by atoms with Crippen molar-refractivity contribution in [1.29, 1.82) is 0 Å². The molecule has 3 rings (SSSR count). The summed E-state index contributed by atoms with van der Waals surface area (Å²) in [4.78, 5) is 24.3. The number of amides is 2. The second-order valence-corrected chi connectivity index (χ2v) is 6.79. The zero-order chi connectivity index (χ0) is 15.0. The Kier molecular flexibility index (Phi) is 4.13. The summed E-state index contributed by atoms with van der Waals surface area (Å²) < 4.78 is 0.840. The summed E-state index contributed by atoms with van der Waals surface area (Å²) in [5, 5.41) is 5.10. The van der Waals surface area contributed by atoms with Crippen LogP contribution in [-0.2, 0) is 6.42 Å². The SMILES string of the molecule is O=C1NC(=O)c2c(CCCCBr)ccc3cc(Br)cc1c23. The van der Waals surface area contributed by atoms with Gasteiger partial charge in [-0.2, -0.15) is 0 Å². The Bertz CT molecular complexity index is 756. The smallest absolute Gasteiger partial charge is 0.259 e. The van der Waals surface area contributed by atoms with Crippen LogP contribution in [0.2, 0.25) is 0 Å². The fourth-order valence-corrected chi connectivity index (χ4v) is 3.63. The third kappa shape index (κ3) is 2.64. The Morgan fingerprint density at radius 2 is 1.86 bits per heavy atom. The lowest BCUT2D eigenvalue weighted by molar-refractivity contribution is 0.0844. The van der Waals surface area contributed by atoms with Gasteiger partial charge in [-0.3, -0.25) is 14.9 Å². The van der Waals surface area contributed by atoms with Gasteiger partial charge in [0.05, 0.1) is 5.56 Å². The van der Waals surface area contributed by atoms with Crippen LogP contribution in [0.3, 0.4) is 0 Å². The van der Waals surface area contributed by atoms with Gasteiger partial charge >= 0.3 is 0 Å². The average molecular weight is 411 g/mol. The van der Waals surface area contributed by atoms with E-state index in [9.17, 15) is 9.59 Å². The Balaban J connectivity index is 2.21. The van der Waals surface area contributed by atoms with Gasteiger partial charge in [0.1, 0.15) is 0 Å². The largest absolute Gasteiger partial charge is 0.288 e. The second kappa shape index (κ2) is 5.89. The minimum absolute atomic E-state index is 0.283. The number of unbranched alkanes of at least 4 members (excludes halogenated alkanes) is 1. The summed E-state index contributed by atoms with van der Waals surface area (Å²) in [7, 11) is 0. The molecule has 2 aromatic carbocycles. The van der Waals surface area contributed by atoms with Crippen LogP contribution < -0.4 is 5.32 Å². The van der Waals surface area contributed by atoms with Gasteiger partial charge in [0.25, 0.3) is 11.8 Å². The molecular weight excluding hydrogens is 398 g/mol. The highest BCUT2D eigenvalue weighted by Crippen LogP contribution is 2.32. The quantitative estimate of drug-likeness (QED) is 0.466. The van der Waals surface area contributed by atoms with E-state index in [1.54, 1.807) is 6.07 Å². The van der Waals surface area contributed by atoms with Crippen molar-refractivity contribution >= 4 is 54.4 Å². The van der Waals surface area contributed by atoms with Crippen LogP contribution in [0.4, 0.5) is 0 Å². The van der Waals surface area contributed by atoms with Gasteiger partial charge in [0.2, 0.25) is 0 Å². The lowest BCUT2D eigenvalue weighted by Gasteiger charge is -2.20. The first-order chi connectivity index (χ1) is 10.1. The molecule has 2 amide bonds. The minimum Gasteiger partial charge on any atom is -0.288 e. The van der Waals surface area contributed by atoms with Crippen molar-refractivity contribution in [3.8, 4) is 0 Å². The van der Waals surface area contributed by atoms with Crippen molar-refractivity contribution < 1.29 is 9.59 Å². The molecule has 0 bridgehead atoms. The fourth-order valence-electron chi connectivity index (χ4n) is 2.76. The van der Waals surface area contributed by atoms with Crippen LogP contribution in [0.1, 0.15) is 39.1 Å². The molecule has 0 saturated heterocycles. The molecule has 2 aromatic rings. The maximum absolute atomic E-state index is 12.3. The lowest BCUT2D eigenvalue weighted by Crippen LogP contribution is -2.35. The lowest BCUT2D eigenvalue weighted by atomic mass is 9.90. The van der Waals surface area contributed by atoms with Crippen LogP contribution in [0, 0.1) is 0 Å². The number of halogens is 2. The fraction of sp³-hybridized carbons (Fsp3) is 0.250. The number of imide groups is 1. The molecule has 21 heavy (non-hydrogen) atoms. The molecule has 3 nitrogen and oxygen atoms in total. The average Bonchev–Trinajstić information content (AvgIpc) is 2.45. The Morgan fingerprint density at radius 1 is 1.05 bits per heavy atom. The summed E-state index contributed by atoms with van der Waals surface area (Å²) in [6, 6.07) is 7.70. The molecule has 1 aliphatic heterocycles. The number of benzene rings is 2.